The highest BCUT2D eigenvalue weighted by atomic mass is 32.1. The lowest BCUT2D eigenvalue weighted by Crippen LogP contribution is -2.39. The molecule has 4 rings (SSSR count). The molecule has 0 aliphatic carbocycles. The number of carbonyl (C=O) groups is 1. The van der Waals surface area contributed by atoms with Gasteiger partial charge in [-0.2, -0.15) is 0 Å². The summed E-state index contributed by atoms with van der Waals surface area (Å²) < 4.78 is 7.34. The third kappa shape index (κ3) is 3.96. The van der Waals surface area contributed by atoms with E-state index in [-0.39, 0.29) is 17.9 Å². The summed E-state index contributed by atoms with van der Waals surface area (Å²) >= 11 is 1.29. The molecule has 7 heteroatoms. The normalized spacial score (nSPS) is 16.1. The number of rotatable bonds is 4. The minimum absolute atomic E-state index is 0.106. The molecule has 0 saturated heterocycles. The van der Waals surface area contributed by atoms with Crippen LogP contribution in [0.15, 0.2) is 69.6 Å². The third-order valence-electron chi connectivity index (χ3n) is 5.07. The molecular formula is C24H22N2O4S. The Morgan fingerprint density at radius 1 is 1.23 bits per heavy atom. The number of allylic oxidation sites excluding steroid dienone is 1. The Morgan fingerprint density at radius 2 is 1.97 bits per heavy atom. The van der Waals surface area contributed by atoms with E-state index < -0.39 is 12.0 Å². The fraction of sp³-hybridized carbons (Fsp3) is 0.208. The quantitative estimate of drug-likeness (QED) is 0.641. The number of phenolic OH excluding ortho intramolecular Hbond substituents is 1. The number of hydrogen-bond acceptors (Lipinski definition) is 6. The van der Waals surface area contributed by atoms with E-state index in [9.17, 15) is 14.7 Å². The van der Waals surface area contributed by atoms with Crippen LogP contribution in [0.4, 0.5) is 0 Å². The Morgan fingerprint density at radius 3 is 2.65 bits per heavy atom. The van der Waals surface area contributed by atoms with Crippen molar-refractivity contribution in [2.45, 2.75) is 26.8 Å². The molecular weight excluding hydrogens is 412 g/mol. The highest BCUT2D eigenvalue weighted by Gasteiger charge is 2.33. The zero-order valence-electron chi connectivity index (χ0n) is 17.5. The van der Waals surface area contributed by atoms with E-state index in [4.69, 9.17) is 4.74 Å². The van der Waals surface area contributed by atoms with Gasteiger partial charge in [0.15, 0.2) is 4.80 Å². The van der Waals surface area contributed by atoms with E-state index in [1.54, 1.807) is 26.0 Å². The van der Waals surface area contributed by atoms with Crippen LogP contribution in [0, 0.1) is 6.92 Å². The summed E-state index contributed by atoms with van der Waals surface area (Å²) in [5.74, 6) is -0.399. The molecule has 0 amide bonds. The maximum atomic E-state index is 13.4. The van der Waals surface area contributed by atoms with Gasteiger partial charge < -0.3 is 9.84 Å². The minimum Gasteiger partial charge on any atom is -0.508 e. The number of benzene rings is 2. The summed E-state index contributed by atoms with van der Waals surface area (Å²) in [5, 5.41) is 9.71. The lowest BCUT2D eigenvalue weighted by atomic mass is 9.96. The molecule has 1 aromatic heterocycles. The summed E-state index contributed by atoms with van der Waals surface area (Å²) in [4.78, 5) is 31.3. The van der Waals surface area contributed by atoms with Crippen molar-refractivity contribution in [3.05, 3.63) is 96.2 Å². The molecule has 1 aliphatic heterocycles. The van der Waals surface area contributed by atoms with E-state index in [0.29, 0.717) is 26.2 Å². The average molecular weight is 435 g/mol. The summed E-state index contributed by atoms with van der Waals surface area (Å²) in [6.45, 7) is 5.70. The Kier molecular flexibility index (Phi) is 5.61. The van der Waals surface area contributed by atoms with Crippen LogP contribution < -0.4 is 14.9 Å². The fourth-order valence-corrected chi connectivity index (χ4v) is 4.72. The number of aromatic nitrogens is 1. The highest BCUT2D eigenvalue weighted by molar-refractivity contribution is 7.07. The molecule has 6 nitrogen and oxygen atoms in total. The first-order valence-electron chi connectivity index (χ1n) is 9.94. The van der Waals surface area contributed by atoms with Crippen molar-refractivity contribution in [1.29, 1.82) is 0 Å². The zero-order chi connectivity index (χ0) is 22.1. The smallest absolute Gasteiger partial charge is 0.338 e. The molecule has 0 bridgehead atoms. The van der Waals surface area contributed by atoms with Crippen molar-refractivity contribution >= 4 is 23.4 Å². The molecule has 1 unspecified atom stereocenters. The van der Waals surface area contributed by atoms with Gasteiger partial charge in [-0.3, -0.25) is 9.36 Å². The molecule has 2 aromatic carbocycles. The number of thiazole rings is 1. The summed E-state index contributed by atoms with van der Waals surface area (Å²) in [6, 6.07) is 13.7. The third-order valence-corrected chi connectivity index (χ3v) is 6.05. The monoisotopic (exact) mass is 434 g/mol. The predicted molar refractivity (Wildman–Crippen MR) is 120 cm³/mol. The Labute approximate surface area is 183 Å². The van der Waals surface area contributed by atoms with E-state index in [2.05, 4.69) is 4.99 Å². The number of fused-ring (bicyclic) bond motifs is 1. The van der Waals surface area contributed by atoms with Crippen LogP contribution in [-0.2, 0) is 9.53 Å². The molecule has 158 valence electrons. The van der Waals surface area contributed by atoms with Gasteiger partial charge in [-0.1, -0.05) is 53.3 Å². The van der Waals surface area contributed by atoms with Crippen molar-refractivity contribution in [2.75, 3.05) is 6.61 Å². The van der Waals surface area contributed by atoms with Gasteiger partial charge in [0, 0.05) is 0 Å². The summed E-state index contributed by atoms with van der Waals surface area (Å²) in [7, 11) is 0. The molecule has 31 heavy (non-hydrogen) atoms. The first-order chi connectivity index (χ1) is 14.9. The topological polar surface area (TPSA) is 80.9 Å². The van der Waals surface area contributed by atoms with Crippen molar-refractivity contribution in [1.82, 2.24) is 4.57 Å². The molecule has 1 aliphatic rings. The van der Waals surface area contributed by atoms with Crippen LogP contribution in [0.1, 0.15) is 36.6 Å². The first kappa shape index (κ1) is 20.8. The maximum absolute atomic E-state index is 13.4. The van der Waals surface area contributed by atoms with Gasteiger partial charge in [-0.05, 0) is 50.1 Å². The number of phenols is 1. The Balaban J connectivity index is 1.96. The first-order valence-corrected chi connectivity index (χ1v) is 10.8. The van der Waals surface area contributed by atoms with Crippen molar-refractivity contribution < 1.29 is 14.6 Å². The Bertz CT molecular complexity index is 1360. The van der Waals surface area contributed by atoms with Crippen LogP contribution in [0.5, 0.6) is 5.75 Å². The van der Waals surface area contributed by atoms with Crippen LogP contribution in [0.25, 0.3) is 6.08 Å². The largest absolute Gasteiger partial charge is 0.508 e. The van der Waals surface area contributed by atoms with Crippen molar-refractivity contribution in [3.8, 4) is 5.75 Å². The molecule has 3 aromatic rings. The number of nitrogens with zero attached hydrogens (tertiary/aromatic N) is 2. The van der Waals surface area contributed by atoms with E-state index in [1.165, 1.54) is 28.0 Å². The standard InChI is InChI=1S/C24H22N2O4S/c1-4-30-23(29)20-15(3)25-24-26(21(20)17-8-10-18(27)11-9-17)22(28)19(31-24)13-16-7-5-6-14(2)12-16/h5-13,21,27H,4H2,1-3H3/b19-13+. The second-order valence-corrected chi connectivity index (χ2v) is 8.32. The van der Waals surface area contributed by atoms with Crippen LogP contribution in [-0.4, -0.2) is 22.2 Å². The molecule has 0 radical (unpaired) electrons. The molecule has 0 saturated carbocycles. The van der Waals surface area contributed by atoms with Crippen LogP contribution >= 0.6 is 11.3 Å². The lowest BCUT2D eigenvalue weighted by molar-refractivity contribution is -0.139. The number of ether oxygens (including phenoxy) is 1. The summed E-state index contributed by atoms with van der Waals surface area (Å²) in [6.07, 6.45) is 1.84. The SMILES string of the molecule is CCOC(=O)C1=C(C)N=c2s/c(=C/c3cccc(C)c3)c(=O)n2C1c1ccc(O)cc1. The van der Waals surface area contributed by atoms with Gasteiger partial charge >= 0.3 is 5.97 Å². The number of carbonyl (C=O) groups excluding carboxylic acids is 1. The molecule has 0 spiro atoms. The van der Waals surface area contributed by atoms with Crippen molar-refractivity contribution in [2.24, 2.45) is 4.99 Å². The second kappa shape index (κ2) is 8.35. The number of esters is 1. The molecule has 1 atom stereocenters. The average Bonchev–Trinajstić information content (AvgIpc) is 3.02. The lowest BCUT2D eigenvalue weighted by Gasteiger charge is -2.24. The fourth-order valence-electron chi connectivity index (χ4n) is 3.67. The van der Waals surface area contributed by atoms with Gasteiger partial charge in [0.05, 0.1) is 28.5 Å². The maximum Gasteiger partial charge on any atom is 0.338 e. The Hall–Kier alpha value is -3.45. The second-order valence-electron chi connectivity index (χ2n) is 7.31. The predicted octanol–water partition coefficient (Wildman–Crippen LogP) is 2.81. The van der Waals surface area contributed by atoms with E-state index in [1.807, 2.05) is 37.3 Å². The van der Waals surface area contributed by atoms with Gasteiger partial charge in [-0.25, -0.2) is 9.79 Å². The number of aryl methyl sites for hydroxylation is 1. The number of aromatic hydroxyl groups is 1. The summed E-state index contributed by atoms with van der Waals surface area (Å²) in [5.41, 5.74) is 3.33. The highest BCUT2D eigenvalue weighted by Crippen LogP contribution is 2.31. The van der Waals surface area contributed by atoms with Gasteiger partial charge in [0.2, 0.25) is 0 Å². The van der Waals surface area contributed by atoms with E-state index in [0.717, 1.165) is 11.1 Å². The minimum atomic E-state index is -0.685. The van der Waals surface area contributed by atoms with Gasteiger partial charge in [-0.15, -0.1) is 0 Å². The molecule has 1 N–H and O–H groups in total. The molecule has 0 fully saturated rings. The zero-order valence-corrected chi connectivity index (χ0v) is 18.3. The van der Waals surface area contributed by atoms with Gasteiger partial charge in [0.1, 0.15) is 5.75 Å². The van der Waals surface area contributed by atoms with Crippen molar-refractivity contribution in [3.63, 3.8) is 0 Å². The number of hydrogen-bond donors (Lipinski definition) is 1. The van der Waals surface area contributed by atoms with Crippen LogP contribution in [0.3, 0.4) is 0 Å². The van der Waals surface area contributed by atoms with Gasteiger partial charge in [0.25, 0.3) is 5.56 Å². The van der Waals surface area contributed by atoms with Crippen LogP contribution in [0.2, 0.25) is 0 Å². The van der Waals surface area contributed by atoms with E-state index >= 15 is 0 Å². The molecule has 2 heterocycles.